The highest BCUT2D eigenvalue weighted by molar-refractivity contribution is 9.10. The van der Waals surface area contributed by atoms with E-state index in [4.69, 9.17) is 11.6 Å². The fraction of sp³-hybridized carbons (Fsp3) is 0.286. The number of aryl methyl sites for hydroxylation is 1. The molecule has 0 saturated heterocycles. The third kappa shape index (κ3) is 2.74. The largest absolute Gasteiger partial charge is 0.351 e. The van der Waals surface area contributed by atoms with Crippen molar-refractivity contribution in [2.24, 2.45) is 0 Å². The van der Waals surface area contributed by atoms with E-state index in [9.17, 15) is 0 Å². The average Bonchev–Trinajstić information content (AvgIpc) is 2.63. The molecule has 0 radical (unpaired) electrons. The lowest BCUT2D eigenvalue weighted by Crippen LogP contribution is -2.24. The molecule has 1 aliphatic heterocycles. The molecule has 0 atom stereocenters. The zero-order chi connectivity index (χ0) is 13.2. The minimum Gasteiger partial charge on any atom is -0.351 e. The summed E-state index contributed by atoms with van der Waals surface area (Å²) in [6.07, 6.45) is 3.94. The van der Waals surface area contributed by atoms with Crippen molar-refractivity contribution >= 4 is 33.3 Å². The normalized spacial score (nSPS) is 14.9. The molecule has 0 bridgehead atoms. The van der Waals surface area contributed by atoms with E-state index in [0.29, 0.717) is 0 Å². The van der Waals surface area contributed by atoms with Crippen molar-refractivity contribution in [3.63, 3.8) is 0 Å². The van der Waals surface area contributed by atoms with E-state index in [1.807, 2.05) is 0 Å². The first-order valence-electron chi connectivity index (χ1n) is 6.24. The molecule has 3 nitrogen and oxygen atoms in total. The van der Waals surface area contributed by atoms with E-state index in [2.05, 4.69) is 55.1 Å². The van der Waals surface area contributed by atoms with Gasteiger partial charge in [-0.05, 0) is 51.5 Å². The SMILES string of the molecule is Clc1ncc(Br)c(N2CCCc3ccccc3C2)n1. The van der Waals surface area contributed by atoms with Gasteiger partial charge in [0, 0.05) is 19.3 Å². The van der Waals surface area contributed by atoms with E-state index in [1.165, 1.54) is 11.1 Å². The van der Waals surface area contributed by atoms with Crippen molar-refractivity contribution in [3.8, 4) is 0 Å². The molecular weight excluding hydrogens is 326 g/mol. The summed E-state index contributed by atoms with van der Waals surface area (Å²) < 4.78 is 0.885. The Bertz CT molecular complexity index is 603. The van der Waals surface area contributed by atoms with E-state index in [-0.39, 0.29) is 5.28 Å². The van der Waals surface area contributed by atoms with Crippen LogP contribution in [0.25, 0.3) is 0 Å². The number of aromatic nitrogens is 2. The Morgan fingerprint density at radius 1 is 1.21 bits per heavy atom. The fourth-order valence-corrected chi connectivity index (χ4v) is 3.01. The summed E-state index contributed by atoms with van der Waals surface area (Å²) in [6.45, 7) is 1.84. The van der Waals surface area contributed by atoms with Gasteiger partial charge >= 0.3 is 0 Å². The van der Waals surface area contributed by atoms with Crippen molar-refractivity contribution in [2.45, 2.75) is 19.4 Å². The Kier molecular flexibility index (Phi) is 3.71. The molecule has 0 unspecified atom stereocenters. The van der Waals surface area contributed by atoms with Crippen molar-refractivity contribution in [1.82, 2.24) is 9.97 Å². The summed E-state index contributed by atoms with van der Waals surface area (Å²) in [5, 5.41) is 0.288. The lowest BCUT2D eigenvalue weighted by Gasteiger charge is -2.23. The number of hydrogen-bond acceptors (Lipinski definition) is 3. The predicted octanol–water partition coefficient (Wildman–Crippen LogP) is 3.85. The second kappa shape index (κ2) is 5.47. The van der Waals surface area contributed by atoms with Gasteiger partial charge in [0.05, 0.1) is 4.47 Å². The Morgan fingerprint density at radius 2 is 2.00 bits per heavy atom. The highest BCUT2D eigenvalue weighted by Crippen LogP contribution is 2.28. The molecule has 19 heavy (non-hydrogen) atoms. The minimum absolute atomic E-state index is 0.288. The Balaban J connectivity index is 1.96. The van der Waals surface area contributed by atoms with Gasteiger partial charge < -0.3 is 4.90 Å². The quantitative estimate of drug-likeness (QED) is 0.740. The summed E-state index contributed by atoms with van der Waals surface area (Å²) in [5.41, 5.74) is 2.79. The molecule has 3 rings (SSSR count). The second-order valence-corrected chi connectivity index (χ2v) is 5.80. The summed E-state index contributed by atoms with van der Waals surface area (Å²) in [7, 11) is 0. The van der Waals surface area contributed by atoms with Gasteiger partial charge in [-0.2, -0.15) is 4.98 Å². The monoisotopic (exact) mass is 337 g/mol. The standard InChI is InChI=1S/C14H13BrClN3/c15-12-8-17-14(16)18-13(12)19-7-3-6-10-4-1-2-5-11(10)9-19/h1-2,4-5,8H,3,6-7,9H2. The van der Waals surface area contributed by atoms with Crippen LogP contribution in [0.2, 0.25) is 5.28 Å². The lowest BCUT2D eigenvalue weighted by atomic mass is 10.0. The maximum Gasteiger partial charge on any atom is 0.224 e. The van der Waals surface area contributed by atoms with Crippen LogP contribution >= 0.6 is 27.5 Å². The fourth-order valence-electron chi connectivity index (χ4n) is 2.44. The highest BCUT2D eigenvalue weighted by atomic mass is 79.9. The van der Waals surface area contributed by atoms with Gasteiger partial charge in [-0.15, -0.1) is 0 Å². The number of halogens is 2. The molecule has 5 heteroatoms. The predicted molar refractivity (Wildman–Crippen MR) is 80.6 cm³/mol. The van der Waals surface area contributed by atoms with Gasteiger partial charge in [-0.3, -0.25) is 0 Å². The Labute approximate surface area is 125 Å². The number of benzene rings is 1. The molecule has 0 aliphatic carbocycles. The number of anilines is 1. The van der Waals surface area contributed by atoms with Crippen LogP contribution in [-0.4, -0.2) is 16.5 Å². The minimum atomic E-state index is 0.288. The molecule has 1 aromatic heterocycles. The average molecular weight is 339 g/mol. The lowest BCUT2D eigenvalue weighted by molar-refractivity contribution is 0.750. The van der Waals surface area contributed by atoms with E-state index < -0.39 is 0 Å². The summed E-state index contributed by atoms with van der Waals surface area (Å²) in [6, 6.07) is 8.58. The summed E-state index contributed by atoms with van der Waals surface area (Å²) in [5.74, 6) is 0.872. The summed E-state index contributed by atoms with van der Waals surface area (Å²) >= 11 is 9.41. The van der Waals surface area contributed by atoms with Gasteiger partial charge in [-0.25, -0.2) is 4.98 Å². The Hall–Kier alpha value is -1.13. The van der Waals surface area contributed by atoms with Crippen molar-refractivity contribution < 1.29 is 0 Å². The molecule has 2 aromatic rings. The van der Waals surface area contributed by atoms with Crippen LogP contribution in [0.5, 0.6) is 0 Å². The van der Waals surface area contributed by atoms with Crippen LogP contribution in [0, 0.1) is 0 Å². The first kappa shape index (κ1) is 12.9. The maximum atomic E-state index is 5.91. The van der Waals surface area contributed by atoms with Gasteiger partial charge in [0.25, 0.3) is 0 Å². The van der Waals surface area contributed by atoms with Crippen LogP contribution in [0.15, 0.2) is 34.9 Å². The number of nitrogens with zero attached hydrogens (tertiary/aromatic N) is 3. The molecule has 0 fully saturated rings. The van der Waals surface area contributed by atoms with Crippen LogP contribution in [0.3, 0.4) is 0 Å². The van der Waals surface area contributed by atoms with Crippen LogP contribution in [-0.2, 0) is 13.0 Å². The molecule has 98 valence electrons. The van der Waals surface area contributed by atoms with Crippen molar-refractivity contribution in [3.05, 3.63) is 51.3 Å². The molecule has 1 aromatic carbocycles. The number of hydrogen-bond donors (Lipinski definition) is 0. The molecular formula is C14H13BrClN3. The van der Waals surface area contributed by atoms with E-state index >= 15 is 0 Å². The summed E-state index contributed by atoms with van der Waals surface area (Å²) in [4.78, 5) is 10.6. The van der Waals surface area contributed by atoms with Crippen molar-refractivity contribution in [1.29, 1.82) is 0 Å². The van der Waals surface area contributed by atoms with E-state index in [0.717, 1.165) is 36.2 Å². The third-order valence-corrected chi connectivity index (χ3v) is 4.09. The van der Waals surface area contributed by atoms with Gasteiger partial charge in [0.2, 0.25) is 5.28 Å². The number of rotatable bonds is 1. The van der Waals surface area contributed by atoms with Crippen LogP contribution in [0.4, 0.5) is 5.82 Å². The molecule has 2 heterocycles. The topological polar surface area (TPSA) is 29.0 Å². The first-order valence-corrected chi connectivity index (χ1v) is 7.41. The first-order chi connectivity index (χ1) is 9.24. The highest BCUT2D eigenvalue weighted by Gasteiger charge is 2.18. The molecule has 0 spiro atoms. The maximum absolute atomic E-state index is 5.91. The molecule has 0 saturated carbocycles. The van der Waals surface area contributed by atoms with Gasteiger partial charge in [-0.1, -0.05) is 24.3 Å². The van der Waals surface area contributed by atoms with Gasteiger partial charge in [0.1, 0.15) is 5.82 Å². The molecule has 0 N–H and O–H groups in total. The molecule has 1 aliphatic rings. The number of fused-ring (bicyclic) bond motifs is 1. The Morgan fingerprint density at radius 3 is 2.84 bits per heavy atom. The zero-order valence-electron chi connectivity index (χ0n) is 10.3. The van der Waals surface area contributed by atoms with Gasteiger partial charge in [0.15, 0.2) is 0 Å². The van der Waals surface area contributed by atoms with Crippen LogP contribution in [0.1, 0.15) is 17.5 Å². The smallest absolute Gasteiger partial charge is 0.224 e. The second-order valence-electron chi connectivity index (χ2n) is 4.60. The third-order valence-electron chi connectivity index (χ3n) is 3.35. The van der Waals surface area contributed by atoms with E-state index in [1.54, 1.807) is 6.20 Å². The van der Waals surface area contributed by atoms with Crippen molar-refractivity contribution in [2.75, 3.05) is 11.4 Å². The van der Waals surface area contributed by atoms with Crippen LogP contribution < -0.4 is 4.90 Å². The zero-order valence-corrected chi connectivity index (χ0v) is 12.7. The molecule has 0 amide bonds.